The Morgan fingerprint density at radius 3 is 2.24 bits per heavy atom. The van der Waals surface area contributed by atoms with Crippen molar-refractivity contribution < 1.29 is 0 Å². The molecule has 0 amide bonds. The van der Waals surface area contributed by atoms with Gasteiger partial charge in [-0.2, -0.15) is 0 Å². The summed E-state index contributed by atoms with van der Waals surface area (Å²) in [5.41, 5.74) is 0. The lowest BCUT2D eigenvalue weighted by molar-refractivity contribution is 0.0782. The number of hydrogen-bond donors (Lipinski definition) is 1. The summed E-state index contributed by atoms with van der Waals surface area (Å²) in [6.45, 7) is 14.4. The molecule has 2 rings (SSSR count). The minimum absolute atomic E-state index is 0.731. The van der Waals surface area contributed by atoms with Gasteiger partial charge in [-0.1, -0.05) is 20.8 Å². The molecule has 17 heavy (non-hydrogen) atoms. The van der Waals surface area contributed by atoms with Crippen LogP contribution in [-0.2, 0) is 0 Å². The Labute approximate surface area is 107 Å². The molecule has 1 saturated heterocycles. The number of piperazine rings is 1. The molecule has 1 N–H and O–H groups in total. The Balaban J connectivity index is 1.78. The van der Waals surface area contributed by atoms with Crippen molar-refractivity contribution in [2.24, 2.45) is 5.92 Å². The van der Waals surface area contributed by atoms with Crippen LogP contribution in [0, 0.1) is 5.92 Å². The van der Waals surface area contributed by atoms with Gasteiger partial charge >= 0.3 is 0 Å². The number of rotatable bonds is 6. The molecule has 0 spiro atoms. The summed E-state index contributed by atoms with van der Waals surface area (Å²) in [4.78, 5) is 5.26. The van der Waals surface area contributed by atoms with Crippen molar-refractivity contribution >= 4 is 0 Å². The van der Waals surface area contributed by atoms with Crippen LogP contribution >= 0.6 is 0 Å². The predicted molar refractivity (Wildman–Crippen MR) is 73.3 cm³/mol. The fourth-order valence-electron chi connectivity index (χ4n) is 2.77. The summed E-state index contributed by atoms with van der Waals surface area (Å²) in [5, 5.41) is 3.71. The van der Waals surface area contributed by atoms with E-state index in [1.165, 1.54) is 52.1 Å². The minimum Gasteiger partial charge on any atom is -0.312 e. The number of nitrogens with one attached hydrogen (secondary N) is 1. The van der Waals surface area contributed by atoms with Gasteiger partial charge in [0.15, 0.2) is 0 Å². The van der Waals surface area contributed by atoms with Crippen LogP contribution in [0.3, 0.4) is 0 Å². The average Bonchev–Trinajstić information content (AvgIpc) is 3.14. The molecular weight excluding hydrogens is 210 g/mol. The predicted octanol–water partition coefficient (Wildman–Crippen LogP) is 1.40. The molecule has 0 aromatic carbocycles. The quantitative estimate of drug-likeness (QED) is 0.756. The molecule has 3 heteroatoms. The van der Waals surface area contributed by atoms with Crippen molar-refractivity contribution in [2.75, 3.05) is 39.3 Å². The first-order valence-electron chi connectivity index (χ1n) is 7.40. The van der Waals surface area contributed by atoms with Crippen LogP contribution in [0.25, 0.3) is 0 Å². The molecule has 2 fully saturated rings. The molecule has 3 nitrogen and oxygen atoms in total. The second kappa shape index (κ2) is 6.17. The highest BCUT2D eigenvalue weighted by molar-refractivity contribution is 4.87. The molecule has 1 atom stereocenters. The topological polar surface area (TPSA) is 18.5 Å². The summed E-state index contributed by atoms with van der Waals surface area (Å²) in [6, 6.07) is 1.57. The third-order valence-electron chi connectivity index (χ3n) is 4.29. The van der Waals surface area contributed by atoms with Crippen molar-refractivity contribution in [2.45, 2.75) is 45.7 Å². The van der Waals surface area contributed by atoms with Crippen LogP contribution in [0.2, 0.25) is 0 Å². The van der Waals surface area contributed by atoms with Gasteiger partial charge in [-0.3, -0.25) is 4.90 Å². The highest BCUT2D eigenvalue weighted by Gasteiger charge is 2.28. The van der Waals surface area contributed by atoms with Crippen LogP contribution in [-0.4, -0.2) is 61.2 Å². The summed E-state index contributed by atoms with van der Waals surface area (Å²) in [7, 11) is 0. The third-order valence-corrected chi connectivity index (χ3v) is 4.29. The van der Waals surface area contributed by atoms with E-state index < -0.39 is 0 Å². The fourth-order valence-corrected chi connectivity index (χ4v) is 2.77. The van der Waals surface area contributed by atoms with Gasteiger partial charge in [0.05, 0.1) is 0 Å². The van der Waals surface area contributed by atoms with Gasteiger partial charge < -0.3 is 10.2 Å². The SMILES string of the molecule is CCN1CCN(C(CNC2CC2)C(C)C)CC1. The lowest BCUT2D eigenvalue weighted by Gasteiger charge is -2.40. The Morgan fingerprint density at radius 1 is 1.12 bits per heavy atom. The van der Waals surface area contributed by atoms with Crippen LogP contribution in [0.15, 0.2) is 0 Å². The first-order chi connectivity index (χ1) is 8.20. The summed E-state index contributed by atoms with van der Waals surface area (Å²) >= 11 is 0. The van der Waals surface area contributed by atoms with Crippen molar-refractivity contribution in [3.63, 3.8) is 0 Å². The maximum atomic E-state index is 3.71. The maximum absolute atomic E-state index is 3.71. The molecular formula is C14H29N3. The van der Waals surface area contributed by atoms with Crippen LogP contribution in [0.4, 0.5) is 0 Å². The first-order valence-corrected chi connectivity index (χ1v) is 7.40. The molecule has 0 bridgehead atoms. The zero-order valence-electron chi connectivity index (χ0n) is 11.8. The summed E-state index contributed by atoms with van der Waals surface area (Å²) < 4.78 is 0. The van der Waals surface area contributed by atoms with Crippen LogP contribution in [0.5, 0.6) is 0 Å². The van der Waals surface area contributed by atoms with E-state index >= 15 is 0 Å². The van der Waals surface area contributed by atoms with E-state index in [9.17, 15) is 0 Å². The van der Waals surface area contributed by atoms with Crippen molar-refractivity contribution in [3.05, 3.63) is 0 Å². The Hall–Kier alpha value is -0.120. The van der Waals surface area contributed by atoms with Crippen molar-refractivity contribution in [1.29, 1.82) is 0 Å². The molecule has 1 saturated carbocycles. The zero-order valence-corrected chi connectivity index (χ0v) is 11.8. The Kier molecular flexibility index (Phi) is 4.83. The normalized spacial score (nSPS) is 25.4. The Bertz CT molecular complexity index is 218. The van der Waals surface area contributed by atoms with Crippen LogP contribution < -0.4 is 5.32 Å². The molecule has 100 valence electrons. The monoisotopic (exact) mass is 239 g/mol. The maximum Gasteiger partial charge on any atom is 0.0244 e. The minimum atomic E-state index is 0.731. The van der Waals surface area contributed by atoms with Gasteiger partial charge in [0.1, 0.15) is 0 Å². The Morgan fingerprint density at radius 2 is 1.76 bits per heavy atom. The average molecular weight is 239 g/mol. The molecule has 0 radical (unpaired) electrons. The van der Waals surface area contributed by atoms with Crippen LogP contribution in [0.1, 0.15) is 33.6 Å². The molecule has 2 aliphatic rings. The highest BCUT2D eigenvalue weighted by Crippen LogP contribution is 2.20. The third kappa shape index (κ3) is 3.94. The van der Waals surface area contributed by atoms with E-state index in [1.807, 2.05) is 0 Å². The van der Waals surface area contributed by atoms with E-state index in [-0.39, 0.29) is 0 Å². The second-order valence-corrected chi connectivity index (χ2v) is 5.96. The molecule has 0 aromatic heterocycles. The van der Waals surface area contributed by atoms with E-state index in [2.05, 4.69) is 35.9 Å². The van der Waals surface area contributed by atoms with Gasteiger partial charge in [-0.25, -0.2) is 0 Å². The molecule has 1 unspecified atom stereocenters. The lowest BCUT2D eigenvalue weighted by atomic mass is 10.0. The second-order valence-electron chi connectivity index (χ2n) is 5.96. The number of hydrogen-bond acceptors (Lipinski definition) is 3. The molecule has 1 aliphatic carbocycles. The van der Waals surface area contributed by atoms with Gasteiger partial charge in [0.25, 0.3) is 0 Å². The standard InChI is InChI=1S/C14H29N3/c1-4-16-7-9-17(10-8-16)14(12(2)3)11-15-13-5-6-13/h12-15H,4-11H2,1-3H3. The van der Waals surface area contributed by atoms with E-state index in [0.717, 1.165) is 18.0 Å². The van der Waals surface area contributed by atoms with E-state index in [0.29, 0.717) is 0 Å². The molecule has 0 aromatic rings. The van der Waals surface area contributed by atoms with E-state index in [1.54, 1.807) is 0 Å². The van der Waals surface area contributed by atoms with Crippen molar-refractivity contribution in [1.82, 2.24) is 15.1 Å². The summed E-state index contributed by atoms with van der Waals surface area (Å²) in [5.74, 6) is 0.759. The van der Waals surface area contributed by atoms with Gasteiger partial charge in [0, 0.05) is 44.8 Å². The van der Waals surface area contributed by atoms with Gasteiger partial charge in [-0.15, -0.1) is 0 Å². The highest BCUT2D eigenvalue weighted by atomic mass is 15.3. The van der Waals surface area contributed by atoms with Gasteiger partial charge in [0.2, 0.25) is 0 Å². The molecule has 1 heterocycles. The van der Waals surface area contributed by atoms with Gasteiger partial charge in [-0.05, 0) is 25.3 Å². The largest absolute Gasteiger partial charge is 0.312 e. The smallest absolute Gasteiger partial charge is 0.0244 e. The fraction of sp³-hybridized carbons (Fsp3) is 1.00. The van der Waals surface area contributed by atoms with E-state index in [4.69, 9.17) is 0 Å². The first kappa shape index (κ1) is 13.3. The molecule has 1 aliphatic heterocycles. The van der Waals surface area contributed by atoms with Crippen molar-refractivity contribution in [3.8, 4) is 0 Å². The summed E-state index contributed by atoms with van der Waals surface area (Å²) in [6.07, 6.45) is 2.79. The lowest BCUT2D eigenvalue weighted by Crippen LogP contribution is -2.54. The zero-order chi connectivity index (χ0) is 12.3. The number of nitrogens with zero attached hydrogens (tertiary/aromatic N) is 2. The number of likely N-dealkylation sites (N-methyl/N-ethyl adjacent to an activating group) is 1.